The van der Waals surface area contributed by atoms with Crippen LogP contribution in [0, 0.1) is 11.3 Å². The summed E-state index contributed by atoms with van der Waals surface area (Å²) in [6, 6.07) is 6.76. The van der Waals surface area contributed by atoms with Gasteiger partial charge in [-0.05, 0) is 78.7 Å². The summed E-state index contributed by atoms with van der Waals surface area (Å²) in [7, 11) is 1.78. The maximum Gasteiger partial charge on any atom is 0.119 e. The van der Waals surface area contributed by atoms with Crippen LogP contribution in [0.15, 0.2) is 18.2 Å². The lowest BCUT2D eigenvalue weighted by atomic mass is 9.60. The van der Waals surface area contributed by atoms with Crippen LogP contribution in [0.25, 0.3) is 0 Å². The third-order valence-electron chi connectivity index (χ3n) is 6.43. The summed E-state index contributed by atoms with van der Waals surface area (Å²) in [5.74, 6) is 1.88. The van der Waals surface area contributed by atoms with Gasteiger partial charge in [0.2, 0.25) is 0 Å². The minimum atomic E-state index is 0.386. The van der Waals surface area contributed by atoms with Gasteiger partial charge < -0.3 is 10.5 Å². The molecule has 2 saturated carbocycles. The number of rotatable bonds is 2. The van der Waals surface area contributed by atoms with Crippen molar-refractivity contribution in [2.75, 3.05) is 13.7 Å². The van der Waals surface area contributed by atoms with Crippen LogP contribution in [0.3, 0.4) is 0 Å². The molecule has 108 valence electrons. The smallest absolute Gasteiger partial charge is 0.119 e. The molecule has 0 saturated heterocycles. The Kier molecular flexibility index (Phi) is 2.69. The zero-order valence-electron chi connectivity index (χ0n) is 12.5. The molecule has 3 atom stereocenters. The maximum atomic E-state index is 6.21. The number of ether oxygens (including phenoxy) is 1. The molecule has 2 heteroatoms. The average Bonchev–Trinajstić information content (AvgIpc) is 2.77. The number of methoxy groups -OCH3 is 1. The summed E-state index contributed by atoms with van der Waals surface area (Å²) < 4.78 is 5.49. The molecule has 0 aromatic heterocycles. The first-order valence-electron chi connectivity index (χ1n) is 8.09. The molecule has 3 aliphatic carbocycles. The Morgan fingerprint density at radius 3 is 3.05 bits per heavy atom. The molecule has 0 amide bonds. The molecule has 1 aromatic carbocycles. The number of nitrogens with two attached hydrogens (primary N) is 1. The molecule has 0 radical (unpaired) electrons. The number of hydrogen-bond donors (Lipinski definition) is 1. The van der Waals surface area contributed by atoms with Crippen molar-refractivity contribution in [3.8, 4) is 5.75 Å². The van der Waals surface area contributed by atoms with Crippen LogP contribution in [-0.2, 0) is 11.8 Å². The van der Waals surface area contributed by atoms with Crippen molar-refractivity contribution in [3.05, 3.63) is 29.3 Å². The third-order valence-corrected chi connectivity index (χ3v) is 6.43. The second-order valence-corrected chi connectivity index (χ2v) is 7.38. The van der Waals surface area contributed by atoms with E-state index in [1.54, 1.807) is 18.2 Å². The Morgan fingerprint density at radius 1 is 1.35 bits per heavy atom. The Balaban J connectivity index is 1.89. The SMILES string of the molecule is COc1ccc2c(c1)[C@]13CCCCC1CC(CN)(C2)C3. The van der Waals surface area contributed by atoms with E-state index < -0.39 is 0 Å². The van der Waals surface area contributed by atoms with E-state index in [0.29, 0.717) is 10.8 Å². The molecule has 0 heterocycles. The monoisotopic (exact) mass is 271 g/mol. The van der Waals surface area contributed by atoms with E-state index in [1.165, 1.54) is 44.9 Å². The van der Waals surface area contributed by atoms with Gasteiger partial charge in [0.25, 0.3) is 0 Å². The zero-order chi connectivity index (χ0) is 13.8. The summed E-state index contributed by atoms with van der Waals surface area (Å²) in [6.45, 7) is 0.858. The van der Waals surface area contributed by atoms with Crippen LogP contribution in [0.4, 0.5) is 0 Å². The fraction of sp³-hybridized carbons (Fsp3) is 0.667. The molecule has 20 heavy (non-hydrogen) atoms. The minimum absolute atomic E-state index is 0.386. The van der Waals surface area contributed by atoms with Gasteiger partial charge in [-0.3, -0.25) is 0 Å². The summed E-state index contributed by atoms with van der Waals surface area (Å²) in [6.07, 6.45) is 9.40. The van der Waals surface area contributed by atoms with Crippen molar-refractivity contribution in [2.45, 2.75) is 50.4 Å². The summed E-state index contributed by atoms with van der Waals surface area (Å²) in [4.78, 5) is 0. The molecular weight excluding hydrogens is 246 g/mol. The van der Waals surface area contributed by atoms with Gasteiger partial charge in [-0.2, -0.15) is 0 Å². The Labute approximate surface area is 121 Å². The zero-order valence-corrected chi connectivity index (χ0v) is 12.5. The lowest BCUT2D eigenvalue weighted by molar-refractivity contribution is 0.206. The Bertz CT molecular complexity index is 540. The summed E-state index contributed by atoms with van der Waals surface area (Å²) in [5, 5.41) is 0. The lowest BCUT2D eigenvalue weighted by Crippen LogP contribution is -2.40. The van der Waals surface area contributed by atoms with Crippen molar-refractivity contribution in [3.63, 3.8) is 0 Å². The van der Waals surface area contributed by atoms with Crippen molar-refractivity contribution in [1.82, 2.24) is 0 Å². The van der Waals surface area contributed by atoms with E-state index in [-0.39, 0.29) is 0 Å². The van der Waals surface area contributed by atoms with Crippen molar-refractivity contribution in [1.29, 1.82) is 0 Å². The first-order valence-corrected chi connectivity index (χ1v) is 8.09. The number of hydrogen-bond acceptors (Lipinski definition) is 2. The largest absolute Gasteiger partial charge is 0.497 e. The van der Waals surface area contributed by atoms with Crippen LogP contribution in [0.5, 0.6) is 5.75 Å². The predicted octanol–water partition coefficient (Wildman–Crippen LogP) is 3.42. The second-order valence-electron chi connectivity index (χ2n) is 7.38. The minimum Gasteiger partial charge on any atom is -0.497 e. The van der Waals surface area contributed by atoms with E-state index >= 15 is 0 Å². The fourth-order valence-corrected chi connectivity index (χ4v) is 5.62. The molecule has 1 aromatic rings. The highest BCUT2D eigenvalue weighted by molar-refractivity contribution is 5.46. The van der Waals surface area contributed by atoms with Gasteiger partial charge in [0.15, 0.2) is 0 Å². The normalized spacial score (nSPS) is 38.2. The van der Waals surface area contributed by atoms with Gasteiger partial charge in [0, 0.05) is 0 Å². The van der Waals surface area contributed by atoms with E-state index in [0.717, 1.165) is 18.2 Å². The molecule has 2 unspecified atom stereocenters. The summed E-state index contributed by atoms with van der Waals surface area (Å²) >= 11 is 0. The molecule has 2 N–H and O–H groups in total. The molecule has 4 rings (SSSR count). The van der Waals surface area contributed by atoms with Crippen molar-refractivity contribution < 1.29 is 4.74 Å². The van der Waals surface area contributed by atoms with Crippen molar-refractivity contribution >= 4 is 0 Å². The molecule has 1 spiro atoms. The van der Waals surface area contributed by atoms with Gasteiger partial charge >= 0.3 is 0 Å². The van der Waals surface area contributed by atoms with E-state index in [4.69, 9.17) is 10.5 Å². The Hall–Kier alpha value is -1.02. The van der Waals surface area contributed by atoms with E-state index in [9.17, 15) is 0 Å². The molecular formula is C18H25NO. The maximum absolute atomic E-state index is 6.21. The molecule has 2 bridgehead atoms. The third kappa shape index (κ3) is 1.54. The summed E-state index contributed by atoms with van der Waals surface area (Å²) in [5.41, 5.74) is 10.2. The highest BCUT2D eigenvalue weighted by atomic mass is 16.5. The molecule has 3 aliphatic rings. The van der Waals surface area contributed by atoms with Gasteiger partial charge in [-0.25, -0.2) is 0 Å². The van der Waals surface area contributed by atoms with Gasteiger partial charge in [0.1, 0.15) is 5.75 Å². The fourth-order valence-electron chi connectivity index (χ4n) is 5.62. The number of fused-ring (bicyclic) bond motifs is 2. The lowest BCUT2D eigenvalue weighted by Gasteiger charge is -2.45. The standard InChI is InChI=1S/C18H25NO/c1-20-15-6-5-13-9-17(12-19)10-14-4-2-3-7-18(14,11-17)16(13)8-15/h5-6,8,14H,2-4,7,9-12,19H2,1H3/t14?,17?,18-/m0/s1. The highest BCUT2D eigenvalue weighted by Gasteiger charge is 2.58. The van der Waals surface area contributed by atoms with Gasteiger partial charge in [-0.15, -0.1) is 0 Å². The quantitative estimate of drug-likeness (QED) is 0.894. The van der Waals surface area contributed by atoms with E-state index in [2.05, 4.69) is 18.2 Å². The molecule has 0 aliphatic heterocycles. The average molecular weight is 271 g/mol. The molecule has 2 fully saturated rings. The van der Waals surface area contributed by atoms with Gasteiger partial charge in [0.05, 0.1) is 7.11 Å². The van der Waals surface area contributed by atoms with Gasteiger partial charge in [-0.1, -0.05) is 18.9 Å². The van der Waals surface area contributed by atoms with Crippen LogP contribution < -0.4 is 10.5 Å². The first kappa shape index (κ1) is 12.7. The van der Waals surface area contributed by atoms with Crippen molar-refractivity contribution in [2.24, 2.45) is 17.1 Å². The number of benzene rings is 1. The second kappa shape index (κ2) is 4.24. The first-order chi connectivity index (χ1) is 9.71. The topological polar surface area (TPSA) is 35.2 Å². The van der Waals surface area contributed by atoms with E-state index in [1.807, 2.05) is 0 Å². The molecule has 2 nitrogen and oxygen atoms in total. The van der Waals surface area contributed by atoms with Crippen LogP contribution in [-0.4, -0.2) is 13.7 Å². The Morgan fingerprint density at radius 2 is 2.25 bits per heavy atom. The van der Waals surface area contributed by atoms with Crippen LogP contribution in [0.2, 0.25) is 0 Å². The predicted molar refractivity (Wildman–Crippen MR) is 81.1 cm³/mol. The van der Waals surface area contributed by atoms with Crippen LogP contribution in [0.1, 0.15) is 49.7 Å². The van der Waals surface area contributed by atoms with Crippen LogP contribution >= 0.6 is 0 Å². The highest BCUT2D eigenvalue weighted by Crippen LogP contribution is 2.64.